The lowest BCUT2D eigenvalue weighted by Crippen LogP contribution is -2.10. The van der Waals surface area contributed by atoms with Gasteiger partial charge < -0.3 is 4.74 Å². The number of ether oxygens (including phenoxy) is 1. The molecule has 0 bridgehead atoms. The van der Waals surface area contributed by atoms with Crippen LogP contribution in [-0.2, 0) is 9.53 Å². The first-order chi connectivity index (χ1) is 5.58. The lowest BCUT2D eigenvalue weighted by atomic mass is 10.4. The zero-order valence-electron chi connectivity index (χ0n) is 6.72. The van der Waals surface area contributed by atoms with E-state index in [0.717, 1.165) is 0 Å². The number of hydrogen-bond acceptors (Lipinski definition) is 2. The van der Waals surface area contributed by atoms with Crippen LogP contribution >= 0.6 is 23.2 Å². The minimum atomic E-state index is -0.868. The highest BCUT2D eigenvalue weighted by Gasteiger charge is 2.57. The number of alkyl halides is 2. The monoisotopic (exact) mass is 208 g/mol. The molecule has 0 aromatic rings. The molecule has 1 aliphatic carbocycles. The second kappa shape index (κ2) is 3.67. The molecule has 1 aliphatic rings. The molecular formula is C8H10Cl2O2. The van der Waals surface area contributed by atoms with E-state index in [1.165, 1.54) is 0 Å². The number of esters is 1. The molecular weight excluding hydrogens is 199 g/mol. The zero-order valence-corrected chi connectivity index (χ0v) is 8.23. The van der Waals surface area contributed by atoms with Crippen LogP contribution in [0.15, 0.2) is 12.2 Å². The summed E-state index contributed by atoms with van der Waals surface area (Å²) in [6.45, 7) is 2.16. The van der Waals surface area contributed by atoms with Gasteiger partial charge in [-0.25, -0.2) is 0 Å². The molecule has 0 aromatic carbocycles. The van der Waals surface area contributed by atoms with Gasteiger partial charge in [0.1, 0.15) is 10.9 Å². The summed E-state index contributed by atoms with van der Waals surface area (Å²) in [4.78, 5) is 11.1. The smallest absolute Gasteiger partial charge is 0.312 e. The highest BCUT2D eigenvalue weighted by molar-refractivity contribution is 6.52. The van der Waals surface area contributed by atoms with Crippen LogP contribution in [0, 0.1) is 5.92 Å². The Morgan fingerprint density at radius 1 is 1.75 bits per heavy atom. The van der Waals surface area contributed by atoms with E-state index in [1.807, 2.05) is 13.0 Å². The largest absolute Gasteiger partial charge is 0.461 e. The van der Waals surface area contributed by atoms with Crippen molar-refractivity contribution in [2.75, 3.05) is 6.61 Å². The summed E-state index contributed by atoms with van der Waals surface area (Å²) in [7, 11) is 0. The van der Waals surface area contributed by atoms with Crippen molar-refractivity contribution < 1.29 is 9.53 Å². The van der Waals surface area contributed by atoms with Gasteiger partial charge >= 0.3 is 5.97 Å². The first-order valence-corrected chi connectivity index (χ1v) is 4.49. The molecule has 2 nitrogen and oxygen atoms in total. The molecule has 0 heterocycles. The maximum absolute atomic E-state index is 11.1. The summed E-state index contributed by atoms with van der Waals surface area (Å²) in [5.74, 6) is -0.635. The van der Waals surface area contributed by atoms with Gasteiger partial charge in [0.2, 0.25) is 0 Å². The lowest BCUT2D eigenvalue weighted by Gasteiger charge is -2.00. The Hall–Kier alpha value is -0.210. The number of allylic oxidation sites excluding steroid dienone is 1. The summed E-state index contributed by atoms with van der Waals surface area (Å²) in [5.41, 5.74) is 0. The van der Waals surface area contributed by atoms with Crippen LogP contribution in [0.1, 0.15) is 13.3 Å². The van der Waals surface area contributed by atoms with Gasteiger partial charge in [0.15, 0.2) is 0 Å². The minimum absolute atomic E-state index is 0.301. The second-order valence-corrected chi connectivity index (χ2v) is 4.26. The van der Waals surface area contributed by atoms with Crippen LogP contribution in [0.5, 0.6) is 0 Å². The van der Waals surface area contributed by atoms with Gasteiger partial charge in [0, 0.05) is 0 Å². The topological polar surface area (TPSA) is 26.3 Å². The van der Waals surface area contributed by atoms with E-state index in [9.17, 15) is 4.79 Å². The molecule has 4 heteroatoms. The minimum Gasteiger partial charge on any atom is -0.461 e. The highest BCUT2D eigenvalue weighted by Crippen LogP contribution is 2.53. The Balaban J connectivity index is 2.23. The van der Waals surface area contributed by atoms with Crippen LogP contribution < -0.4 is 0 Å². The van der Waals surface area contributed by atoms with Crippen LogP contribution in [0.4, 0.5) is 0 Å². The SMILES string of the molecule is C/C=C/COC(=O)C1CC1(Cl)Cl. The number of hydrogen-bond donors (Lipinski definition) is 0. The van der Waals surface area contributed by atoms with Crippen molar-refractivity contribution >= 4 is 29.2 Å². The summed E-state index contributed by atoms with van der Waals surface area (Å²) in [5, 5.41) is 0. The fourth-order valence-corrected chi connectivity index (χ4v) is 1.28. The molecule has 0 aromatic heterocycles. The molecule has 0 radical (unpaired) electrons. The van der Waals surface area contributed by atoms with Gasteiger partial charge in [0.25, 0.3) is 0 Å². The Morgan fingerprint density at radius 3 is 2.75 bits per heavy atom. The Morgan fingerprint density at radius 2 is 2.33 bits per heavy atom. The van der Waals surface area contributed by atoms with Crippen molar-refractivity contribution in [3.05, 3.63) is 12.2 Å². The van der Waals surface area contributed by atoms with E-state index in [0.29, 0.717) is 13.0 Å². The quantitative estimate of drug-likeness (QED) is 0.405. The predicted octanol–water partition coefficient (Wildman–Crippen LogP) is 2.30. The second-order valence-electron chi connectivity index (χ2n) is 2.72. The third-order valence-corrected chi connectivity index (χ3v) is 2.50. The van der Waals surface area contributed by atoms with Gasteiger partial charge in [0.05, 0.1) is 5.92 Å². The Bertz CT molecular complexity index is 211. The molecule has 1 rings (SSSR count). The van der Waals surface area contributed by atoms with Gasteiger partial charge in [-0.3, -0.25) is 4.79 Å². The molecule has 0 spiro atoms. The van der Waals surface area contributed by atoms with Crippen molar-refractivity contribution in [2.45, 2.75) is 17.7 Å². The average Bonchev–Trinajstić information content (AvgIpc) is 2.60. The summed E-state index contributed by atoms with van der Waals surface area (Å²) < 4.78 is 3.98. The van der Waals surface area contributed by atoms with Crippen LogP contribution in [-0.4, -0.2) is 16.9 Å². The fraction of sp³-hybridized carbons (Fsp3) is 0.625. The molecule has 0 saturated heterocycles. The predicted molar refractivity (Wildman–Crippen MR) is 48.3 cm³/mol. The molecule has 1 unspecified atom stereocenters. The van der Waals surface area contributed by atoms with Crippen molar-refractivity contribution in [1.29, 1.82) is 0 Å². The first kappa shape index (κ1) is 9.87. The van der Waals surface area contributed by atoms with Crippen molar-refractivity contribution in [1.82, 2.24) is 0 Å². The fourth-order valence-electron chi connectivity index (χ4n) is 0.796. The summed E-state index contributed by atoms with van der Waals surface area (Å²) >= 11 is 11.3. The number of carbonyl (C=O) groups is 1. The molecule has 0 amide bonds. The highest BCUT2D eigenvalue weighted by atomic mass is 35.5. The Kier molecular flexibility index (Phi) is 3.02. The zero-order chi connectivity index (χ0) is 9.19. The summed E-state index contributed by atoms with van der Waals surface area (Å²) in [6, 6.07) is 0. The van der Waals surface area contributed by atoms with Gasteiger partial charge in [-0.15, -0.1) is 23.2 Å². The van der Waals surface area contributed by atoms with E-state index in [4.69, 9.17) is 27.9 Å². The third-order valence-electron chi connectivity index (χ3n) is 1.67. The normalized spacial score (nSPS) is 25.8. The lowest BCUT2D eigenvalue weighted by molar-refractivity contribution is -0.143. The molecule has 0 N–H and O–H groups in total. The van der Waals surface area contributed by atoms with Crippen LogP contribution in [0.2, 0.25) is 0 Å². The molecule has 0 aliphatic heterocycles. The number of rotatable bonds is 3. The van der Waals surface area contributed by atoms with Crippen LogP contribution in [0.3, 0.4) is 0 Å². The maximum Gasteiger partial charge on any atom is 0.312 e. The van der Waals surface area contributed by atoms with E-state index < -0.39 is 4.33 Å². The van der Waals surface area contributed by atoms with E-state index >= 15 is 0 Å². The van der Waals surface area contributed by atoms with Gasteiger partial charge in [-0.2, -0.15) is 0 Å². The van der Waals surface area contributed by atoms with Crippen molar-refractivity contribution in [3.8, 4) is 0 Å². The van der Waals surface area contributed by atoms with Crippen molar-refractivity contribution in [3.63, 3.8) is 0 Å². The van der Waals surface area contributed by atoms with Crippen LogP contribution in [0.25, 0.3) is 0 Å². The standard InChI is InChI=1S/C8H10Cl2O2/c1-2-3-4-12-7(11)6-5-8(6,9)10/h2-3,6H,4-5H2,1H3/b3-2+. The van der Waals surface area contributed by atoms with E-state index in [1.54, 1.807) is 6.08 Å². The van der Waals surface area contributed by atoms with E-state index in [2.05, 4.69) is 0 Å². The first-order valence-electron chi connectivity index (χ1n) is 3.73. The summed E-state index contributed by atoms with van der Waals surface area (Å²) in [6.07, 6.45) is 4.07. The number of halogens is 2. The third kappa shape index (κ3) is 2.39. The van der Waals surface area contributed by atoms with Crippen molar-refractivity contribution in [2.24, 2.45) is 5.92 Å². The molecule has 68 valence electrons. The molecule has 1 atom stereocenters. The average molecular weight is 209 g/mol. The van der Waals surface area contributed by atoms with Gasteiger partial charge in [-0.1, -0.05) is 12.2 Å². The van der Waals surface area contributed by atoms with E-state index in [-0.39, 0.29) is 11.9 Å². The maximum atomic E-state index is 11.1. The Labute approximate surface area is 81.5 Å². The number of carbonyl (C=O) groups excluding carboxylic acids is 1. The molecule has 1 saturated carbocycles. The van der Waals surface area contributed by atoms with Gasteiger partial charge in [-0.05, 0) is 13.3 Å². The molecule has 1 fully saturated rings. The molecule has 12 heavy (non-hydrogen) atoms.